The number of benzene rings is 1. The van der Waals surface area contributed by atoms with E-state index in [9.17, 15) is 0 Å². The Kier molecular flexibility index (Phi) is 7.70. The van der Waals surface area contributed by atoms with Crippen molar-refractivity contribution < 1.29 is 4.74 Å². The van der Waals surface area contributed by atoms with Gasteiger partial charge in [-0.1, -0.05) is 12.1 Å². The summed E-state index contributed by atoms with van der Waals surface area (Å²) in [5, 5.41) is 5.85. The van der Waals surface area contributed by atoms with Gasteiger partial charge in [0.05, 0.1) is 7.11 Å². The zero-order valence-corrected chi connectivity index (χ0v) is 19.6. The highest BCUT2D eigenvalue weighted by Crippen LogP contribution is 2.23. The third-order valence-corrected chi connectivity index (χ3v) is 7.18. The molecule has 6 nitrogen and oxygen atoms in total. The van der Waals surface area contributed by atoms with Crippen LogP contribution in [-0.4, -0.2) is 75.7 Å². The number of ether oxygens (including phenoxy) is 1. The van der Waals surface area contributed by atoms with Crippen LogP contribution in [0, 0.1) is 5.92 Å². The SMILES string of the molecule is CN=C(NCC1CCCN(Cc2cccs2)C1)N1CCN(c2cccc(OC)c2)CC1. The van der Waals surface area contributed by atoms with Gasteiger partial charge in [-0.3, -0.25) is 9.89 Å². The Bertz CT molecular complexity index is 832. The molecule has 2 saturated heterocycles. The van der Waals surface area contributed by atoms with Crippen LogP contribution in [0.25, 0.3) is 0 Å². The standard InChI is InChI=1S/C24H35N5OS/c1-25-24(26-17-20-6-4-10-27(18-20)19-23-9-5-15-31-23)29-13-11-28(12-14-29)21-7-3-8-22(16-21)30-2/h3,5,7-9,15-16,20H,4,6,10-14,17-19H2,1-2H3,(H,25,26). The zero-order valence-electron chi connectivity index (χ0n) is 18.8. The van der Waals surface area contributed by atoms with Crippen molar-refractivity contribution in [2.24, 2.45) is 10.9 Å². The van der Waals surface area contributed by atoms with Crippen LogP contribution in [0.5, 0.6) is 5.75 Å². The zero-order chi connectivity index (χ0) is 21.5. The highest BCUT2D eigenvalue weighted by Gasteiger charge is 2.23. The van der Waals surface area contributed by atoms with E-state index in [-0.39, 0.29) is 0 Å². The maximum absolute atomic E-state index is 5.38. The summed E-state index contributed by atoms with van der Waals surface area (Å²) in [4.78, 5) is 13.5. The number of nitrogens with one attached hydrogen (secondary N) is 1. The molecule has 0 amide bonds. The summed E-state index contributed by atoms with van der Waals surface area (Å²) in [6.45, 7) is 8.43. The van der Waals surface area contributed by atoms with E-state index in [1.807, 2.05) is 24.5 Å². The smallest absolute Gasteiger partial charge is 0.193 e. The molecule has 1 unspecified atom stereocenters. The second-order valence-corrected chi connectivity index (χ2v) is 9.46. The Labute approximate surface area is 190 Å². The average Bonchev–Trinajstić information content (AvgIpc) is 3.33. The first-order chi connectivity index (χ1) is 15.2. The van der Waals surface area contributed by atoms with E-state index in [0.717, 1.165) is 51.0 Å². The highest BCUT2D eigenvalue weighted by molar-refractivity contribution is 7.09. The van der Waals surface area contributed by atoms with Gasteiger partial charge in [-0.15, -0.1) is 11.3 Å². The van der Waals surface area contributed by atoms with Gasteiger partial charge < -0.3 is 19.9 Å². The van der Waals surface area contributed by atoms with Crippen molar-refractivity contribution in [3.63, 3.8) is 0 Å². The normalized spacial score (nSPS) is 20.7. The molecule has 0 spiro atoms. The number of nitrogens with zero attached hydrogens (tertiary/aromatic N) is 4. The summed E-state index contributed by atoms with van der Waals surface area (Å²) >= 11 is 1.86. The first kappa shape index (κ1) is 22.0. The molecule has 2 aromatic rings. The molecule has 1 N–H and O–H groups in total. The Balaban J connectivity index is 1.24. The minimum absolute atomic E-state index is 0.684. The van der Waals surface area contributed by atoms with Gasteiger partial charge in [-0.25, -0.2) is 0 Å². The summed E-state index contributed by atoms with van der Waals surface area (Å²) in [6.07, 6.45) is 2.59. The number of aliphatic imine (C=N–C) groups is 1. The van der Waals surface area contributed by atoms with Crippen LogP contribution >= 0.6 is 11.3 Å². The van der Waals surface area contributed by atoms with Crippen LogP contribution in [0.1, 0.15) is 17.7 Å². The summed E-state index contributed by atoms with van der Waals surface area (Å²) in [7, 11) is 3.63. The van der Waals surface area contributed by atoms with Crippen molar-refractivity contribution >= 4 is 23.0 Å². The van der Waals surface area contributed by atoms with E-state index in [1.165, 1.54) is 36.5 Å². The predicted molar refractivity (Wildman–Crippen MR) is 130 cm³/mol. The molecule has 0 bridgehead atoms. The second kappa shape index (κ2) is 10.9. The van der Waals surface area contributed by atoms with Crippen molar-refractivity contribution in [1.29, 1.82) is 0 Å². The van der Waals surface area contributed by atoms with Gasteiger partial charge in [0.1, 0.15) is 5.75 Å². The molecule has 1 aromatic carbocycles. The molecular weight excluding hydrogens is 406 g/mol. The Hall–Kier alpha value is -2.25. The van der Waals surface area contributed by atoms with E-state index in [2.05, 4.69) is 60.7 Å². The van der Waals surface area contributed by atoms with Gasteiger partial charge in [-0.2, -0.15) is 0 Å². The van der Waals surface area contributed by atoms with Gasteiger partial charge in [0.2, 0.25) is 0 Å². The fourth-order valence-electron chi connectivity index (χ4n) is 4.64. The summed E-state index contributed by atoms with van der Waals surface area (Å²) in [5.41, 5.74) is 1.23. The number of piperazine rings is 1. The lowest BCUT2D eigenvalue weighted by atomic mass is 9.98. The van der Waals surface area contributed by atoms with Crippen LogP contribution < -0.4 is 15.0 Å². The molecular formula is C24H35N5OS. The number of rotatable bonds is 6. The average molecular weight is 442 g/mol. The molecule has 2 aliphatic heterocycles. The van der Waals surface area contributed by atoms with Crippen LogP contribution in [0.2, 0.25) is 0 Å². The molecule has 7 heteroatoms. The lowest BCUT2D eigenvalue weighted by molar-refractivity contribution is 0.169. The second-order valence-electron chi connectivity index (χ2n) is 8.43. The Morgan fingerprint density at radius 3 is 2.77 bits per heavy atom. The summed E-state index contributed by atoms with van der Waals surface area (Å²) in [6, 6.07) is 12.7. The number of anilines is 1. The lowest BCUT2D eigenvalue weighted by Crippen LogP contribution is -2.53. The number of likely N-dealkylation sites (tertiary alicyclic amines) is 1. The third kappa shape index (κ3) is 5.92. The third-order valence-electron chi connectivity index (χ3n) is 6.32. The van der Waals surface area contributed by atoms with Crippen molar-refractivity contribution in [2.75, 3.05) is 64.9 Å². The Morgan fingerprint density at radius 2 is 2.03 bits per heavy atom. The topological polar surface area (TPSA) is 43.3 Å². The van der Waals surface area contributed by atoms with E-state index < -0.39 is 0 Å². The van der Waals surface area contributed by atoms with E-state index in [0.29, 0.717) is 5.92 Å². The predicted octanol–water partition coefficient (Wildman–Crippen LogP) is 3.37. The number of hydrogen-bond acceptors (Lipinski definition) is 5. The highest BCUT2D eigenvalue weighted by atomic mass is 32.1. The Morgan fingerprint density at radius 1 is 1.16 bits per heavy atom. The summed E-state index contributed by atoms with van der Waals surface area (Å²) in [5.74, 6) is 2.64. The van der Waals surface area contributed by atoms with Crippen LogP contribution in [0.4, 0.5) is 5.69 Å². The molecule has 1 atom stereocenters. The lowest BCUT2D eigenvalue weighted by Gasteiger charge is -2.38. The molecule has 4 rings (SSSR count). The quantitative estimate of drug-likeness (QED) is 0.550. The molecule has 3 heterocycles. The van der Waals surface area contributed by atoms with Gasteiger partial charge in [0.15, 0.2) is 5.96 Å². The summed E-state index contributed by atoms with van der Waals surface area (Å²) < 4.78 is 5.38. The van der Waals surface area contributed by atoms with Crippen molar-refractivity contribution in [1.82, 2.24) is 15.1 Å². The van der Waals surface area contributed by atoms with Gasteiger partial charge in [-0.05, 0) is 48.9 Å². The van der Waals surface area contributed by atoms with Crippen LogP contribution in [-0.2, 0) is 6.54 Å². The van der Waals surface area contributed by atoms with E-state index in [1.54, 1.807) is 7.11 Å². The van der Waals surface area contributed by atoms with Crippen LogP contribution in [0.3, 0.4) is 0 Å². The maximum Gasteiger partial charge on any atom is 0.193 e. The molecule has 0 aliphatic carbocycles. The van der Waals surface area contributed by atoms with Crippen molar-refractivity contribution in [3.05, 3.63) is 46.7 Å². The van der Waals surface area contributed by atoms with Crippen LogP contribution in [0.15, 0.2) is 46.8 Å². The van der Waals surface area contributed by atoms with E-state index >= 15 is 0 Å². The van der Waals surface area contributed by atoms with Gasteiger partial charge >= 0.3 is 0 Å². The number of thiophene rings is 1. The van der Waals surface area contributed by atoms with Gasteiger partial charge in [0.25, 0.3) is 0 Å². The molecule has 0 radical (unpaired) electrons. The first-order valence-corrected chi connectivity index (χ1v) is 12.2. The number of methoxy groups -OCH3 is 1. The van der Waals surface area contributed by atoms with Crippen molar-refractivity contribution in [3.8, 4) is 5.75 Å². The number of hydrogen-bond donors (Lipinski definition) is 1. The maximum atomic E-state index is 5.38. The largest absolute Gasteiger partial charge is 0.497 e. The molecule has 2 aliphatic rings. The van der Waals surface area contributed by atoms with Crippen molar-refractivity contribution in [2.45, 2.75) is 19.4 Å². The fraction of sp³-hybridized carbons (Fsp3) is 0.542. The molecule has 1 aromatic heterocycles. The minimum Gasteiger partial charge on any atom is -0.497 e. The molecule has 168 valence electrons. The molecule has 2 fully saturated rings. The fourth-order valence-corrected chi connectivity index (χ4v) is 5.38. The number of guanidine groups is 1. The molecule has 0 saturated carbocycles. The van der Waals surface area contributed by atoms with Gasteiger partial charge in [0, 0.05) is 69.5 Å². The molecule has 31 heavy (non-hydrogen) atoms. The minimum atomic E-state index is 0.684. The van der Waals surface area contributed by atoms with E-state index in [4.69, 9.17) is 4.74 Å². The monoisotopic (exact) mass is 441 g/mol. The number of piperidine rings is 1. The first-order valence-electron chi connectivity index (χ1n) is 11.3.